The fourth-order valence-electron chi connectivity index (χ4n) is 3.49. The molecule has 2 aromatic carbocycles. The van der Waals surface area contributed by atoms with Gasteiger partial charge in [0.15, 0.2) is 0 Å². The number of hydrogen-bond donors (Lipinski definition) is 1. The summed E-state index contributed by atoms with van der Waals surface area (Å²) >= 11 is 1.56. The Kier molecular flexibility index (Phi) is 7.58. The molecule has 1 atom stereocenters. The van der Waals surface area contributed by atoms with Crippen molar-refractivity contribution in [3.05, 3.63) is 54.1 Å². The summed E-state index contributed by atoms with van der Waals surface area (Å²) in [4.78, 5) is 26.9. The van der Waals surface area contributed by atoms with Gasteiger partial charge < -0.3 is 10.1 Å². The zero-order valence-electron chi connectivity index (χ0n) is 17.0. The first kappa shape index (κ1) is 21.2. The number of carbonyl (C=O) groups is 2. The average molecular weight is 413 g/mol. The van der Waals surface area contributed by atoms with E-state index in [0.29, 0.717) is 17.9 Å². The first-order valence-electron chi connectivity index (χ1n) is 10.1. The topological polar surface area (TPSA) is 58.6 Å². The molecule has 1 saturated heterocycles. The minimum absolute atomic E-state index is 0.0201. The number of benzene rings is 2. The van der Waals surface area contributed by atoms with E-state index in [2.05, 4.69) is 12.2 Å². The smallest absolute Gasteiger partial charge is 0.238 e. The van der Waals surface area contributed by atoms with Gasteiger partial charge in [-0.05, 0) is 24.6 Å². The molecule has 6 heteroatoms. The molecule has 29 heavy (non-hydrogen) atoms. The SMILES string of the molecule is CCCCCCC(=O)Nc1ccccc1[C@H]1SCC(=O)N1c1ccccc1OC. The molecule has 1 aliphatic heterocycles. The molecule has 1 fully saturated rings. The van der Waals surface area contributed by atoms with Crippen LogP contribution in [0.15, 0.2) is 48.5 Å². The van der Waals surface area contributed by atoms with Crippen molar-refractivity contribution >= 4 is 35.0 Å². The number of methoxy groups -OCH3 is 1. The third kappa shape index (κ3) is 5.12. The summed E-state index contributed by atoms with van der Waals surface area (Å²) < 4.78 is 5.48. The summed E-state index contributed by atoms with van der Waals surface area (Å²) in [7, 11) is 1.61. The predicted octanol–water partition coefficient (Wildman–Crippen LogP) is 5.38. The quantitative estimate of drug-likeness (QED) is 0.562. The van der Waals surface area contributed by atoms with E-state index in [1.807, 2.05) is 48.5 Å². The molecule has 0 unspecified atom stereocenters. The number of ether oxygens (including phenoxy) is 1. The van der Waals surface area contributed by atoms with E-state index >= 15 is 0 Å². The van der Waals surface area contributed by atoms with Crippen molar-refractivity contribution in [1.82, 2.24) is 0 Å². The molecular formula is C23H28N2O3S. The Balaban J connectivity index is 1.82. The Bertz CT molecular complexity index is 856. The highest BCUT2D eigenvalue weighted by Crippen LogP contribution is 2.46. The van der Waals surface area contributed by atoms with Gasteiger partial charge >= 0.3 is 0 Å². The molecule has 0 saturated carbocycles. The van der Waals surface area contributed by atoms with E-state index in [4.69, 9.17) is 4.74 Å². The third-order valence-corrected chi connectivity index (χ3v) is 6.17. The van der Waals surface area contributed by atoms with Crippen LogP contribution in [0.1, 0.15) is 50.0 Å². The summed E-state index contributed by atoms with van der Waals surface area (Å²) in [5, 5.41) is 2.85. The van der Waals surface area contributed by atoms with Crippen LogP contribution in [0, 0.1) is 0 Å². The molecule has 1 aliphatic rings. The minimum Gasteiger partial charge on any atom is -0.495 e. The average Bonchev–Trinajstić information content (AvgIpc) is 3.12. The normalized spacial score (nSPS) is 16.1. The lowest BCUT2D eigenvalue weighted by Gasteiger charge is -2.27. The molecule has 0 radical (unpaired) electrons. The number of thioether (sulfide) groups is 1. The molecule has 0 bridgehead atoms. The van der Waals surface area contributed by atoms with Crippen LogP contribution in [-0.4, -0.2) is 24.7 Å². The van der Waals surface area contributed by atoms with Gasteiger partial charge in [0.05, 0.1) is 18.6 Å². The van der Waals surface area contributed by atoms with Crippen LogP contribution in [0.5, 0.6) is 5.75 Å². The van der Waals surface area contributed by atoms with Gasteiger partial charge in [-0.2, -0.15) is 0 Å². The molecule has 0 aromatic heterocycles. The van der Waals surface area contributed by atoms with Crippen LogP contribution in [0.4, 0.5) is 11.4 Å². The molecule has 0 aliphatic carbocycles. The number of rotatable bonds is 9. The van der Waals surface area contributed by atoms with Crippen molar-refractivity contribution < 1.29 is 14.3 Å². The number of carbonyl (C=O) groups excluding carboxylic acids is 2. The summed E-state index contributed by atoms with van der Waals surface area (Å²) in [6.45, 7) is 2.16. The number of nitrogens with one attached hydrogen (secondary N) is 1. The number of anilines is 2. The molecule has 1 heterocycles. The van der Waals surface area contributed by atoms with Crippen LogP contribution in [-0.2, 0) is 9.59 Å². The number of unbranched alkanes of at least 4 members (excludes halogenated alkanes) is 3. The molecule has 5 nitrogen and oxygen atoms in total. The lowest BCUT2D eigenvalue weighted by atomic mass is 10.1. The number of hydrogen-bond acceptors (Lipinski definition) is 4. The fraction of sp³-hybridized carbons (Fsp3) is 0.391. The van der Waals surface area contributed by atoms with Gasteiger partial charge in [0.1, 0.15) is 11.1 Å². The Labute approximate surface area is 176 Å². The van der Waals surface area contributed by atoms with Gasteiger partial charge in [0.25, 0.3) is 0 Å². The van der Waals surface area contributed by atoms with Crippen LogP contribution >= 0.6 is 11.8 Å². The first-order chi connectivity index (χ1) is 14.2. The van der Waals surface area contributed by atoms with Crippen LogP contribution in [0.3, 0.4) is 0 Å². The third-order valence-electron chi connectivity index (χ3n) is 4.97. The number of para-hydroxylation sites is 3. The molecule has 2 aromatic rings. The molecule has 0 spiro atoms. The molecule has 3 rings (SSSR count). The Morgan fingerprint density at radius 1 is 1.14 bits per heavy atom. The van der Waals surface area contributed by atoms with Gasteiger partial charge in [-0.25, -0.2) is 0 Å². The predicted molar refractivity (Wildman–Crippen MR) is 120 cm³/mol. The number of nitrogens with zero attached hydrogens (tertiary/aromatic N) is 1. The second kappa shape index (κ2) is 10.3. The van der Waals surface area contributed by atoms with Gasteiger partial charge in [-0.3, -0.25) is 14.5 Å². The van der Waals surface area contributed by atoms with E-state index in [1.54, 1.807) is 23.8 Å². The highest BCUT2D eigenvalue weighted by Gasteiger charge is 2.36. The zero-order chi connectivity index (χ0) is 20.6. The van der Waals surface area contributed by atoms with Gasteiger partial charge in [0, 0.05) is 17.7 Å². The molecule has 154 valence electrons. The maximum atomic E-state index is 12.7. The van der Waals surface area contributed by atoms with Gasteiger partial charge in [0.2, 0.25) is 11.8 Å². The minimum atomic E-state index is -0.213. The Morgan fingerprint density at radius 3 is 2.69 bits per heavy atom. The lowest BCUT2D eigenvalue weighted by molar-refractivity contribution is -0.116. The largest absolute Gasteiger partial charge is 0.495 e. The van der Waals surface area contributed by atoms with Crippen LogP contribution in [0.2, 0.25) is 0 Å². The Morgan fingerprint density at radius 2 is 1.90 bits per heavy atom. The molecule has 1 N–H and O–H groups in total. The van der Waals surface area contributed by atoms with E-state index in [9.17, 15) is 9.59 Å². The summed E-state index contributed by atoms with van der Waals surface area (Å²) in [6, 6.07) is 15.3. The van der Waals surface area contributed by atoms with E-state index < -0.39 is 0 Å². The van der Waals surface area contributed by atoms with Gasteiger partial charge in [-0.15, -0.1) is 11.8 Å². The second-order valence-corrected chi connectivity index (χ2v) is 8.11. The summed E-state index contributed by atoms with van der Waals surface area (Å²) in [5.74, 6) is 1.10. The Hall–Kier alpha value is -2.47. The lowest BCUT2D eigenvalue weighted by Crippen LogP contribution is -2.29. The highest BCUT2D eigenvalue weighted by molar-refractivity contribution is 8.00. The summed E-state index contributed by atoms with van der Waals surface area (Å²) in [5.41, 5.74) is 2.44. The van der Waals surface area contributed by atoms with Crippen LogP contribution < -0.4 is 15.0 Å². The van der Waals surface area contributed by atoms with Crippen molar-refractivity contribution in [3.8, 4) is 5.75 Å². The van der Waals surface area contributed by atoms with E-state index in [0.717, 1.165) is 42.6 Å². The van der Waals surface area contributed by atoms with Crippen molar-refractivity contribution in [1.29, 1.82) is 0 Å². The molecular weight excluding hydrogens is 384 g/mol. The second-order valence-electron chi connectivity index (χ2n) is 7.05. The zero-order valence-corrected chi connectivity index (χ0v) is 17.8. The van der Waals surface area contributed by atoms with Crippen LogP contribution in [0.25, 0.3) is 0 Å². The van der Waals surface area contributed by atoms with Crippen molar-refractivity contribution in [2.75, 3.05) is 23.1 Å². The maximum Gasteiger partial charge on any atom is 0.238 e. The highest BCUT2D eigenvalue weighted by atomic mass is 32.2. The van der Waals surface area contributed by atoms with Crippen molar-refractivity contribution in [3.63, 3.8) is 0 Å². The fourth-order valence-corrected chi connectivity index (χ4v) is 4.70. The van der Waals surface area contributed by atoms with Crippen molar-refractivity contribution in [2.24, 2.45) is 0 Å². The molecule has 2 amide bonds. The monoisotopic (exact) mass is 412 g/mol. The van der Waals surface area contributed by atoms with Gasteiger partial charge in [-0.1, -0.05) is 56.5 Å². The standard InChI is InChI=1S/C23H28N2O3S/c1-3-4-5-6-15-21(26)24-18-12-8-7-11-17(18)23-25(22(27)16-29-23)19-13-9-10-14-20(19)28-2/h7-14,23H,3-6,15-16H2,1-2H3,(H,24,26)/t23-/m1/s1. The number of amides is 2. The first-order valence-corrected chi connectivity index (χ1v) is 11.2. The maximum absolute atomic E-state index is 12.7. The van der Waals surface area contributed by atoms with Crippen molar-refractivity contribution in [2.45, 2.75) is 44.4 Å². The van der Waals surface area contributed by atoms with E-state index in [-0.39, 0.29) is 17.2 Å². The van der Waals surface area contributed by atoms with E-state index in [1.165, 1.54) is 0 Å². The summed E-state index contributed by atoms with van der Waals surface area (Å²) in [6.07, 6.45) is 4.78.